The highest BCUT2D eigenvalue weighted by molar-refractivity contribution is 5.92. The minimum atomic E-state index is -0.399. The molecule has 1 atom stereocenters. The van der Waals surface area contributed by atoms with Crippen LogP contribution in [0.1, 0.15) is 22.8 Å². The Balaban J connectivity index is 2.23. The second kappa shape index (κ2) is 7.09. The summed E-state index contributed by atoms with van der Waals surface area (Å²) < 4.78 is 10.3. The maximum absolute atomic E-state index is 12.1. The van der Waals surface area contributed by atoms with Gasteiger partial charge in [0.25, 0.3) is 0 Å². The van der Waals surface area contributed by atoms with Crippen LogP contribution in [0, 0.1) is 6.92 Å². The lowest BCUT2D eigenvalue weighted by Gasteiger charge is -2.11. The van der Waals surface area contributed by atoms with Gasteiger partial charge in [0.15, 0.2) is 0 Å². The van der Waals surface area contributed by atoms with E-state index in [1.54, 1.807) is 19.2 Å². The van der Waals surface area contributed by atoms with Crippen LogP contribution in [0.4, 0.5) is 5.69 Å². The predicted octanol–water partition coefficient (Wildman–Crippen LogP) is 3.44. The molecule has 0 aliphatic rings. The number of methoxy groups -OCH3 is 1. The normalized spacial score (nSPS) is 12.0. The fourth-order valence-corrected chi connectivity index (χ4v) is 2.03. The Morgan fingerprint density at radius 2 is 1.82 bits per heavy atom. The van der Waals surface area contributed by atoms with Crippen LogP contribution in [0.2, 0.25) is 0 Å². The minimum absolute atomic E-state index is 0.137. The van der Waals surface area contributed by atoms with Gasteiger partial charge in [0.1, 0.15) is 6.61 Å². The summed E-state index contributed by atoms with van der Waals surface area (Å²) in [7, 11) is 1.58. The number of rotatable bonds is 5. The molecule has 0 saturated heterocycles. The molecule has 0 heterocycles. The maximum Gasteiger partial charge on any atom is 0.338 e. The Morgan fingerprint density at radius 3 is 2.45 bits per heavy atom. The van der Waals surface area contributed by atoms with Gasteiger partial charge >= 0.3 is 5.97 Å². The van der Waals surface area contributed by atoms with E-state index in [1.165, 1.54) is 5.56 Å². The molecule has 1 unspecified atom stereocenters. The first-order valence-corrected chi connectivity index (χ1v) is 7.17. The van der Waals surface area contributed by atoms with Crippen LogP contribution in [0.5, 0.6) is 0 Å². The van der Waals surface area contributed by atoms with E-state index in [0.717, 1.165) is 11.1 Å². The van der Waals surface area contributed by atoms with Crippen molar-refractivity contribution in [2.24, 2.45) is 0 Å². The van der Waals surface area contributed by atoms with Crippen molar-refractivity contribution < 1.29 is 14.3 Å². The van der Waals surface area contributed by atoms with E-state index in [9.17, 15) is 4.79 Å². The smallest absolute Gasteiger partial charge is 0.338 e. The third kappa shape index (κ3) is 4.09. The number of carbonyl (C=O) groups excluding carboxylic acids is 1. The second-order valence-electron chi connectivity index (χ2n) is 5.35. The van der Waals surface area contributed by atoms with E-state index in [4.69, 9.17) is 15.2 Å². The molecule has 0 amide bonds. The van der Waals surface area contributed by atoms with Gasteiger partial charge in [0, 0.05) is 12.8 Å². The fraction of sp³-hybridized carbons (Fsp3) is 0.278. The van der Waals surface area contributed by atoms with Crippen molar-refractivity contribution in [1.82, 2.24) is 0 Å². The average Bonchev–Trinajstić information content (AvgIpc) is 2.52. The summed E-state index contributed by atoms with van der Waals surface area (Å²) in [4.78, 5) is 12.1. The third-order valence-electron chi connectivity index (χ3n) is 3.43. The standard InChI is InChI=1S/C18H21NO3/c1-12-4-6-14(7-5-12)15-8-16(10-17(19)9-15)18(20)22-11-13(2)21-3/h4-10,13H,11,19H2,1-3H3. The summed E-state index contributed by atoms with van der Waals surface area (Å²) in [6.45, 7) is 4.08. The number of esters is 1. The number of nitrogen functional groups attached to an aromatic ring is 1. The van der Waals surface area contributed by atoms with E-state index in [0.29, 0.717) is 11.3 Å². The number of ether oxygens (including phenoxy) is 2. The molecule has 2 rings (SSSR count). The highest BCUT2D eigenvalue weighted by Gasteiger charge is 2.12. The SMILES string of the molecule is COC(C)COC(=O)c1cc(N)cc(-c2ccc(C)cc2)c1. The van der Waals surface area contributed by atoms with Crippen LogP contribution in [0.3, 0.4) is 0 Å². The first-order valence-electron chi connectivity index (χ1n) is 7.17. The second-order valence-corrected chi connectivity index (χ2v) is 5.35. The van der Waals surface area contributed by atoms with Gasteiger partial charge in [-0.1, -0.05) is 29.8 Å². The molecule has 22 heavy (non-hydrogen) atoms. The molecule has 0 aliphatic carbocycles. The van der Waals surface area contributed by atoms with Crippen LogP contribution in [-0.2, 0) is 9.47 Å². The Hall–Kier alpha value is -2.33. The zero-order valence-corrected chi connectivity index (χ0v) is 13.1. The van der Waals surface area contributed by atoms with Crippen LogP contribution in [0.25, 0.3) is 11.1 Å². The van der Waals surface area contributed by atoms with Gasteiger partial charge in [-0.2, -0.15) is 0 Å². The number of hydrogen-bond donors (Lipinski definition) is 1. The van der Waals surface area contributed by atoms with Crippen molar-refractivity contribution in [2.75, 3.05) is 19.5 Å². The number of aryl methyl sites for hydroxylation is 1. The molecule has 2 aromatic carbocycles. The third-order valence-corrected chi connectivity index (χ3v) is 3.43. The molecule has 2 aromatic rings. The quantitative estimate of drug-likeness (QED) is 0.678. The van der Waals surface area contributed by atoms with E-state index in [2.05, 4.69) is 0 Å². The molecule has 0 fully saturated rings. The van der Waals surface area contributed by atoms with Gasteiger partial charge in [-0.05, 0) is 43.2 Å². The van der Waals surface area contributed by atoms with Gasteiger partial charge in [0.2, 0.25) is 0 Å². The summed E-state index contributed by atoms with van der Waals surface area (Å²) >= 11 is 0. The van der Waals surface area contributed by atoms with Gasteiger partial charge in [-0.3, -0.25) is 0 Å². The minimum Gasteiger partial charge on any atom is -0.459 e. The van der Waals surface area contributed by atoms with Gasteiger partial charge in [0.05, 0.1) is 11.7 Å². The number of hydrogen-bond acceptors (Lipinski definition) is 4. The van der Waals surface area contributed by atoms with E-state index in [-0.39, 0.29) is 12.7 Å². The van der Waals surface area contributed by atoms with Crippen molar-refractivity contribution in [3.05, 3.63) is 53.6 Å². The summed E-state index contributed by atoms with van der Waals surface area (Å²) in [5.74, 6) is -0.399. The van der Waals surface area contributed by atoms with Crippen LogP contribution < -0.4 is 5.73 Å². The molecule has 2 N–H and O–H groups in total. The first-order chi connectivity index (χ1) is 10.5. The van der Waals surface area contributed by atoms with Crippen molar-refractivity contribution >= 4 is 11.7 Å². The average molecular weight is 299 g/mol. The topological polar surface area (TPSA) is 61.5 Å². The number of benzene rings is 2. The van der Waals surface area contributed by atoms with Crippen molar-refractivity contribution in [3.63, 3.8) is 0 Å². The molecular weight excluding hydrogens is 278 g/mol. The van der Waals surface area contributed by atoms with Crippen molar-refractivity contribution in [3.8, 4) is 11.1 Å². The Kier molecular flexibility index (Phi) is 5.17. The zero-order chi connectivity index (χ0) is 16.1. The van der Waals surface area contributed by atoms with Gasteiger partial charge < -0.3 is 15.2 Å². The summed E-state index contributed by atoms with van der Waals surface area (Å²) in [5.41, 5.74) is 9.98. The lowest BCUT2D eigenvalue weighted by molar-refractivity contribution is 0.0169. The van der Waals surface area contributed by atoms with Gasteiger partial charge in [-0.15, -0.1) is 0 Å². The summed E-state index contributed by atoms with van der Waals surface area (Å²) in [6, 6.07) is 13.3. The van der Waals surface area contributed by atoms with Crippen molar-refractivity contribution in [2.45, 2.75) is 20.0 Å². The maximum atomic E-state index is 12.1. The Bertz CT molecular complexity index is 650. The summed E-state index contributed by atoms with van der Waals surface area (Å²) in [5, 5.41) is 0. The molecule has 116 valence electrons. The molecule has 4 nitrogen and oxygen atoms in total. The Morgan fingerprint density at radius 1 is 1.14 bits per heavy atom. The van der Waals surface area contributed by atoms with E-state index < -0.39 is 5.97 Å². The summed E-state index contributed by atoms with van der Waals surface area (Å²) in [6.07, 6.45) is -0.137. The largest absolute Gasteiger partial charge is 0.459 e. The highest BCUT2D eigenvalue weighted by Crippen LogP contribution is 2.24. The molecule has 0 spiro atoms. The van der Waals surface area contributed by atoms with E-state index in [1.807, 2.05) is 44.2 Å². The molecule has 0 radical (unpaired) electrons. The molecule has 0 saturated carbocycles. The van der Waals surface area contributed by atoms with Crippen LogP contribution in [0.15, 0.2) is 42.5 Å². The van der Waals surface area contributed by atoms with Crippen LogP contribution >= 0.6 is 0 Å². The van der Waals surface area contributed by atoms with Crippen molar-refractivity contribution in [1.29, 1.82) is 0 Å². The highest BCUT2D eigenvalue weighted by atomic mass is 16.6. The fourth-order valence-electron chi connectivity index (χ4n) is 2.03. The lowest BCUT2D eigenvalue weighted by atomic mass is 10.0. The number of anilines is 1. The molecular formula is C18H21NO3. The van der Waals surface area contributed by atoms with Gasteiger partial charge in [-0.25, -0.2) is 4.79 Å². The lowest BCUT2D eigenvalue weighted by Crippen LogP contribution is -2.17. The predicted molar refractivity (Wildman–Crippen MR) is 87.8 cm³/mol. The Labute approximate surface area is 130 Å². The molecule has 0 bridgehead atoms. The monoisotopic (exact) mass is 299 g/mol. The first kappa shape index (κ1) is 16.0. The van der Waals surface area contributed by atoms with E-state index >= 15 is 0 Å². The number of carbonyl (C=O) groups is 1. The molecule has 4 heteroatoms. The van der Waals surface area contributed by atoms with Crippen LogP contribution in [-0.4, -0.2) is 25.8 Å². The zero-order valence-electron chi connectivity index (χ0n) is 13.1. The molecule has 0 aromatic heterocycles. The molecule has 0 aliphatic heterocycles. The number of nitrogens with two attached hydrogens (primary N) is 1.